The minimum Gasteiger partial charge on any atom is -0.428 e. The Hall–Kier alpha value is -0.603. The Morgan fingerprint density at radius 3 is 2.73 bits per heavy atom. The van der Waals surface area contributed by atoms with Gasteiger partial charge in [-0.15, -0.1) is 0 Å². The fourth-order valence-corrected chi connectivity index (χ4v) is 1.69. The van der Waals surface area contributed by atoms with Crippen LogP contribution in [0.25, 0.3) is 0 Å². The molecule has 2 heteroatoms. The molecular formula is C9H12OSi. The normalized spacial score (nSPS) is 10.1. The largest absolute Gasteiger partial charge is 0.428 e. The van der Waals surface area contributed by atoms with Crippen molar-refractivity contribution in [3.05, 3.63) is 29.3 Å². The van der Waals surface area contributed by atoms with Crippen molar-refractivity contribution in [1.82, 2.24) is 0 Å². The zero-order valence-corrected chi connectivity index (χ0v) is 7.89. The topological polar surface area (TPSA) is 20.2 Å². The fraction of sp³-hybridized carbons (Fsp3) is 0.333. The van der Waals surface area contributed by atoms with Crippen LogP contribution in [-0.4, -0.2) is 14.6 Å². The third-order valence-corrected chi connectivity index (χ3v) is 2.73. The van der Waals surface area contributed by atoms with Crippen molar-refractivity contribution < 1.29 is 4.80 Å². The number of benzene rings is 1. The SMILES string of the molecule is CCc1cccc([Si]O)c1C. The van der Waals surface area contributed by atoms with Gasteiger partial charge in [-0.05, 0) is 29.7 Å². The molecular weight excluding hydrogens is 152 g/mol. The van der Waals surface area contributed by atoms with Crippen molar-refractivity contribution in [1.29, 1.82) is 0 Å². The highest BCUT2D eigenvalue weighted by Gasteiger charge is 2.00. The maximum atomic E-state index is 8.97. The lowest BCUT2D eigenvalue weighted by atomic mass is 10.1. The van der Waals surface area contributed by atoms with Gasteiger partial charge >= 0.3 is 0 Å². The van der Waals surface area contributed by atoms with Crippen LogP contribution in [-0.2, 0) is 6.42 Å². The summed E-state index contributed by atoms with van der Waals surface area (Å²) < 4.78 is 0. The molecule has 2 radical (unpaired) electrons. The molecule has 1 nitrogen and oxygen atoms in total. The summed E-state index contributed by atoms with van der Waals surface area (Å²) in [5.74, 6) is 0. The van der Waals surface area contributed by atoms with Gasteiger partial charge in [-0.1, -0.05) is 25.1 Å². The molecule has 1 aromatic rings. The van der Waals surface area contributed by atoms with Crippen molar-refractivity contribution in [2.24, 2.45) is 0 Å². The molecule has 1 aromatic carbocycles. The second-order valence-corrected chi connectivity index (χ2v) is 3.32. The first-order chi connectivity index (χ1) is 5.29. The Labute approximate surface area is 70.0 Å². The van der Waals surface area contributed by atoms with Crippen LogP contribution in [0.2, 0.25) is 0 Å². The lowest BCUT2D eigenvalue weighted by molar-refractivity contribution is 0.615. The highest BCUT2D eigenvalue weighted by Crippen LogP contribution is 2.04. The summed E-state index contributed by atoms with van der Waals surface area (Å²) in [7, 11) is -0.0717. The molecule has 0 amide bonds. The summed E-state index contributed by atoms with van der Waals surface area (Å²) in [6.45, 7) is 4.20. The molecule has 1 rings (SSSR count). The fourth-order valence-electron chi connectivity index (χ4n) is 1.19. The van der Waals surface area contributed by atoms with E-state index < -0.39 is 0 Å². The molecule has 1 N–H and O–H groups in total. The molecule has 0 unspecified atom stereocenters. The molecule has 0 heterocycles. The molecule has 0 saturated heterocycles. The van der Waals surface area contributed by atoms with Crippen LogP contribution >= 0.6 is 0 Å². The molecule has 0 bridgehead atoms. The number of hydrogen-bond acceptors (Lipinski definition) is 1. The van der Waals surface area contributed by atoms with E-state index in [1.807, 2.05) is 12.1 Å². The zero-order chi connectivity index (χ0) is 8.27. The second-order valence-electron chi connectivity index (χ2n) is 2.56. The maximum absolute atomic E-state index is 8.97. The summed E-state index contributed by atoms with van der Waals surface area (Å²) in [5, 5.41) is 1.07. The summed E-state index contributed by atoms with van der Waals surface area (Å²) in [6, 6.07) is 6.09. The van der Waals surface area contributed by atoms with Crippen molar-refractivity contribution in [3.63, 3.8) is 0 Å². The summed E-state index contributed by atoms with van der Waals surface area (Å²) >= 11 is 0. The lowest BCUT2D eigenvalue weighted by Gasteiger charge is -2.05. The number of hydrogen-bond donors (Lipinski definition) is 1. The van der Waals surface area contributed by atoms with E-state index in [4.69, 9.17) is 4.80 Å². The quantitative estimate of drug-likeness (QED) is 0.641. The third kappa shape index (κ3) is 1.70. The molecule has 0 aliphatic carbocycles. The van der Waals surface area contributed by atoms with Crippen LogP contribution < -0.4 is 5.19 Å². The van der Waals surface area contributed by atoms with Gasteiger partial charge in [-0.3, -0.25) is 0 Å². The molecule has 0 spiro atoms. The van der Waals surface area contributed by atoms with E-state index in [1.165, 1.54) is 11.1 Å². The van der Waals surface area contributed by atoms with E-state index in [2.05, 4.69) is 19.9 Å². The Kier molecular flexibility index (Phi) is 2.85. The first-order valence-corrected chi connectivity index (χ1v) is 4.73. The van der Waals surface area contributed by atoms with E-state index in [-0.39, 0.29) is 9.76 Å². The minimum atomic E-state index is -0.0717. The highest BCUT2D eigenvalue weighted by atomic mass is 28.2. The van der Waals surface area contributed by atoms with Crippen LogP contribution in [0.4, 0.5) is 0 Å². The van der Waals surface area contributed by atoms with E-state index in [1.54, 1.807) is 0 Å². The standard InChI is InChI=1S/C9H12OSi/c1-3-8-5-4-6-9(11-10)7(8)2/h4-6,10H,3H2,1-2H3. The van der Waals surface area contributed by atoms with E-state index in [0.717, 1.165) is 11.6 Å². The van der Waals surface area contributed by atoms with Crippen LogP contribution in [0, 0.1) is 6.92 Å². The number of aryl methyl sites for hydroxylation is 1. The van der Waals surface area contributed by atoms with Crippen LogP contribution in [0.5, 0.6) is 0 Å². The first-order valence-electron chi connectivity index (χ1n) is 3.78. The lowest BCUT2D eigenvalue weighted by Crippen LogP contribution is -2.18. The van der Waals surface area contributed by atoms with E-state index >= 15 is 0 Å². The predicted molar refractivity (Wildman–Crippen MR) is 48.2 cm³/mol. The summed E-state index contributed by atoms with van der Waals surface area (Å²) in [4.78, 5) is 8.97. The Balaban J connectivity index is 3.10. The molecule has 58 valence electrons. The van der Waals surface area contributed by atoms with Gasteiger partial charge in [-0.2, -0.15) is 0 Å². The van der Waals surface area contributed by atoms with Gasteiger partial charge in [0.15, 0.2) is 0 Å². The second kappa shape index (κ2) is 3.69. The van der Waals surface area contributed by atoms with E-state index in [9.17, 15) is 0 Å². The third-order valence-electron chi connectivity index (χ3n) is 1.95. The Morgan fingerprint density at radius 2 is 2.18 bits per heavy atom. The monoisotopic (exact) mass is 164 g/mol. The van der Waals surface area contributed by atoms with Crippen molar-refractivity contribution >= 4 is 14.9 Å². The average Bonchev–Trinajstić information content (AvgIpc) is 2.05. The van der Waals surface area contributed by atoms with Gasteiger partial charge in [0.1, 0.15) is 0 Å². The minimum absolute atomic E-state index is 0.0717. The Morgan fingerprint density at radius 1 is 1.45 bits per heavy atom. The molecule has 0 aliphatic heterocycles. The highest BCUT2D eigenvalue weighted by molar-refractivity contribution is 6.46. The first kappa shape index (κ1) is 8.49. The van der Waals surface area contributed by atoms with Gasteiger partial charge in [0, 0.05) is 0 Å². The molecule has 0 saturated carbocycles. The van der Waals surface area contributed by atoms with Gasteiger partial charge in [-0.25, -0.2) is 0 Å². The smallest absolute Gasteiger partial charge is 0.265 e. The van der Waals surface area contributed by atoms with Crippen molar-refractivity contribution in [2.45, 2.75) is 20.3 Å². The van der Waals surface area contributed by atoms with Gasteiger partial charge in [0.2, 0.25) is 0 Å². The van der Waals surface area contributed by atoms with Gasteiger partial charge in [0.05, 0.1) is 0 Å². The van der Waals surface area contributed by atoms with Crippen LogP contribution in [0.1, 0.15) is 18.1 Å². The number of rotatable bonds is 2. The predicted octanol–water partition coefficient (Wildman–Crippen LogP) is 0.794. The maximum Gasteiger partial charge on any atom is 0.265 e. The van der Waals surface area contributed by atoms with Crippen molar-refractivity contribution in [3.8, 4) is 0 Å². The van der Waals surface area contributed by atoms with E-state index in [0.29, 0.717) is 0 Å². The summed E-state index contributed by atoms with van der Waals surface area (Å²) in [5.41, 5.74) is 2.58. The zero-order valence-electron chi connectivity index (χ0n) is 6.89. The molecule has 11 heavy (non-hydrogen) atoms. The molecule has 0 aliphatic rings. The molecule has 0 aromatic heterocycles. The van der Waals surface area contributed by atoms with Crippen molar-refractivity contribution in [2.75, 3.05) is 0 Å². The van der Waals surface area contributed by atoms with Gasteiger partial charge < -0.3 is 4.80 Å². The molecule has 0 fully saturated rings. The van der Waals surface area contributed by atoms with Gasteiger partial charge in [0.25, 0.3) is 9.76 Å². The van der Waals surface area contributed by atoms with Crippen LogP contribution in [0.15, 0.2) is 18.2 Å². The Bertz CT molecular complexity index is 223. The van der Waals surface area contributed by atoms with Crippen LogP contribution in [0.3, 0.4) is 0 Å². The molecule has 0 atom stereocenters. The summed E-state index contributed by atoms with van der Waals surface area (Å²) in [6.07, 6.45) is 1.05. The average molecular weight is 164 g/mol.